The number of guanidine groups is 1. The molecule has 0 bridgehead atoms. The summed E-state index contributed by atoms with van der Waals surface area (Å²) in [6.07, 6.45) is 7.99. The number of aliphatic imine (C=N–C) groups is 1. The third-order valence-corrected chi connectivity index (χ3v) is 5.76. The van der Waals surface area contributed by atoms with Crippen molar-refractivity contribution in [2.45, 2.75) is 51.2 Å². The van der Waals surface area contributed by atoms with Crippen LogP contribution >= 0.6 is 35.3 Å². The van der Waals surface area contributed by atoms with Crippen molar-refractivity contribution in [3.05, 3.63) is 16.1 Å². The zero-order valence-electron chi connectivity index (χ0n) is 15.8. The number of halogens is 1. The maximum atomic E-state index is 6.05. The monoisotopic (exact) mass is 494 g/mol. The molecule has 1 aromatic heterocycles. The summed E-state index contributed by atoms with van der Waals surface area (Å²) in [5, 5.41) is 4.65. The Morgan fingerprint density at radius 3 is 2.85 bits per heavy atom. The third kappa shape index (κ3) is 6.61. The number of aromatic nitrogens is 1. The first-order chi connectivity index (χ1) is 12.2. The molecule has 1 atom stereocenters. The van der Waals surface area contributed by atoms with E-state index in [4.69, 9.17) is 9.47 Å². The second kappa shape index (κ2) is 11.4. The number of hydrogen-bond acceptors (Lipinski definition) is 5. The van der Waals surface area contributed by atoms with Gasteiger partial charge in [-0.25, -0.2) is 4.98 Å². The van der Waals surface area contributed by atoms with Crippen LogP contribution in [0.3, 0.4) is 0 Å². The Labute approximate surface area is 177 Å². The first kappa shape index (κ1) is 21.8. The molecule has 8 heteroatoms. The van der Waals surface area contributed by atoms with Gasteiger partial charge in [-0.2, -0.15) is 0 Å². The summed E-state index contributed by atoms with van der Waals surface area (Å²) in [6.45, 7) is 6.60. The van der Waals surface area contributed by atoms with Crippen LogP contribution in [0.15, 0.2) is 11.2 Å². The first-order valence-electron chi connectivity index (χ1n) is 9.34. The van der Waals surface area contributed by atoms with Gasteiger partial charge in [0.1, 0.15) is 0 Å². The minimum Gasteiger partial charge on any atom is -0.376 e. The normalized spacial score (nSPS) is 21.7. The van der Waals surface area contributed by atoms with Crippen LogP contribution in [0.2, 0.25) is 0 Å². The van der Waals surface area contributed by atoms with Crippen molar-refractivity contribution in [3.63, 3.8) is 0 Å². The van der Waals surface area contributed by atoms with E-state index in [2.05, 4.69) is 27.1 Å². The largest absolute Gasteiger partial charge is 0.376 e. The number of nitrogens with one attached hydrogen (secondary N) is 1. The van der Waals surface area contributed by atoms with Gasteiger partial charge in [-0.15, -0.1) is 35.3 Å². The van der Waals surface area contributed by atoms with Crippen molar-refractivity contribution in [1.82, 2.24) is 15.2 Å². The zero-order chi connectivity index (χ0) is 17.5. The molecule has 1 N–H and O–H groups in total. The molecule has 26 heavy (non-hydrogen) atoms. The van der Waals surface area contributed by atoms with Crippen molar-refractivity contribution in [2.24, 2.45) is 4.99 Å². The summed E-state index contributed by atoms with van der Waals surface area (Å²) in [6, 6.07) is 0. The van der Waals surface area contributed by atoms with Gasteiger partial charge in [-0.1, -0.05) is 0 Å². The molecule has 0 radical (unpaired) electrons. The highest BCUT2D eigenvalue weighted by atomic mass is 127. The maximum Gasteiger partial charge on any atom is 0.193 e. The Kier molecular flexibility index (Phi) is 9.58. The van der Waals surface area contributed by atoms with Gasteiger partial charge in [0.05, 0.1) is 23.8 Å². The van der Waals surface area contributed by atoms with E-state index < -0.39 is 0 Å². The molecule has 0 aromatic carbocycles. The van der Waals surface area contributed by atoms with Crippen LogP contribution in [0.25, 0.3) is 0 Å². The highest BCUT2D eigenvalue weighted by molar-refractivity contribution is 14.0. The SMILES string of the molecule is CN=C(NCCc1ncc(C)s1)N1CCC(OCC2CCCO2)CC1.I. The van der Waals surface area contributed by atoms with Crippen LogP contribution in [0.4, 0.5) is 0 Å². The number of piperidine rings is 1. The van der Waals surface area contributed by atoms with Crippen molar-refractivity contribution in [2.75, 3.05) is 39.9 Å². The van der Waals surface area contributed by atoms with E-state index in [0.717, 1.165) is 64.5 Å². The third-order valence-electron chi connectivity index (χ3n) is 4.79. The second-order valence-electron chi connectivity index (χ2n) is 6.74. The van der Waals surface area contributed by atoms with E-state index >= 15 is 0 Å². The van der Waals surface area contributed by atoms with Crippen LogP contribution in [0.5, 0.6) is 0 Å². The van der Waals surface area contributed by atoms with E-state index in [9.17, 15) is 0 Å². The molecule has 148 valence electrons. The molecule has 0 saturated carbocycles. The highest BCUT2D eigenvalue weighted by Gasteiger charge is 2.24. The number of hydrogen-bond donors (Lipinski definition) is 1. The molecule has 2 fully saturated rings. The van der Waals surface area contributed by atoms with Gasteiger partial charge in [0.2, 0.25) is 0 Å². The molecule has 3 rings (SSSR count). The fourth-order valence-electron chi connectivity index (χ4n) is 3.38. The molecule has 0 spiro atoms. The van der Waals surface area contributed by atoms with Crippen molar-refractivity contribution in [1.29, 1.82) is 0 Å². The van der Waals surface area contributed by atoms with Gasteiger partial charge < -0.3 is 19.7 Å². The van der Waals surface area contributed by atoms with Gasteiger partial charge in [0.25, 0.3) is 0 Å². The van der Waals surface area contributed by atoms with E-state index in [1.807, 2.05) is 13.2 Å². The van der Waals surface area contributed by atoms with Gasteiger partial charge in [0.15, 0.2) is 5.96 Å². The molecule has 2 aliphatic heterocycles. The van der Waals surface area contributed by atoms with Gasteiger partial charge in [-0.05, 0) is 32.6 Å². The summed E-state index contributed by atoms with van der Waals surface area (Å²) >= 11 is 1.77. The average Bonchev–Trinajstić information content (AvgIpc) is 3.29. The Bertz CT molecular complexity index is 555. The van der Waals surface area contributed by atoms with E-state index in [0.29, 0.717) is 12.2 Å². The topological polar surface area (TPSA) is 59.0 Å². The molecule has 2 saturated heterocycles. The number of likely N-dealkylation sites (tertiary alicyclic amines) is 1. The van der Waals surface area contributed by atoms with Gasteiger partial charge >= 0.3 is 0 Å². The summed E-state index contributed by atoms with van der Waals surface area (Å²) in [7, 11) is 1.86. The summed E-state index contributed by atoms with van der Waals surface area (Å²) in [4.78, 5) is 12.4. The van der Waals surface area contributed by atoms with Crippen molar-refractivity contribution in [3.8, 4) is 0 Å². The Balaban J connectivity index is 0.00000243. The Morgan fingerprint density at radius 1 is 1.42 bits per heavy atom. The van der Waals surface area contributed by atoms with E-state index in [-0.39, 0.29) is 24.0 Å². The Morgan fingerprint density at radius 2 is 2.23 bits per heavy atom. The number of rotatable bonds is 6. The average molecular weight is 494 g/mol. The van der Waals surface area contributed by atoms with Gasteiger partial charge in [0, 0.05) is 50.8 Å². The highest BCUT2D eigenvalue weighted by Crippen LogP contribution is 2.18. The minimum absolute atomic E-state index is 0. The van der Waals surface area contributed by atoms with E-state index in [1.165, 1.54) is 16.3 Å². The fourth-order valence-corrected chi connectivity index (χ4v) is 4.17. The Hall–Kier alpha value is -0.450. The standard InChI is InChI=1S/C18H30N4O2S.HI/c1-14-12-21-17(25-14)5-8-20-18(19-2)22-9-6-15(7-10-22)24-13-16-4-3-11-23-16;/h12,15-16H,3-11,13H2,1-2H3,(H,19,20);1H. The van der Waals surface area contributed by atoms with E-state index in [1.54, 1.807) is 11.3 Å². The lowest BCUT2D eigenvalue weighted by molar-refractivity contribution is -0.0367. The predicted molar refractivity (Wildman–Crippen MR) is 117 cm³/mol. The van der Waals surface area contributed by atoms with Crippen LogP contribution in [0, 0.1) is 6.92 Å². The summed E-state index contributed by atoms with van der Waals surface area (Å²) < 4.78 is 11.7. The summed E-state index contributed by atoms with van der Waals surface area (Å²) in [5.74, 6) is 0.992. The van der Waals surface area contributed by atoms with Crippen LogP contribution in [-0.2, 0) is 15.9 Å². The van der Waals surface area contributed by atoms with Crippen LogP contribution in [-0.4, -0.2) is 67.9 Å². The molecular weight excluding hydrogens is 463 g/mol. The smallest absolute Gasteiger partial charge is 0.193 e. The lowest BCUT2D eigenvalue weighted by atomic mass is 10.1. The second-order valence-corrected chi connectivity index (χ2v) is 8.06. The number of aryl methyl sites for hydroxylation is 1. The molecule has 3 heterocycles. The molecule has 1 unspecified atom stereocenters. The first-order valence-corrected chi connectivity index (χ1v) is 10.2. The van der Waals surface area contributed by atoms with Gasteiger partial charge in [-0.3, -0.25) is 4.99 Å². The minimum atomic E-state index is 0. The number of nitrogens with zero attached hydrogens (tertiary/aromatic N) is 3. The fraction of sp³-hybridized carbons (Fsp3) is 0.778. The molecule has 6 nitrogen and oxygen atoms in total. The van der Waals surface area contributed by atoms with Crippen molar-refractivity contribution >= 4 is 41.3 Å². The molecular formula is C18H31IN4O2S. The number of thiazole rings is 1. The maximum absolute atomic E-state index is 6.05. The van der Waals surface area contributed by atoms with Crippen molar-refractivity contribution < 1.29 is 9.47 Å². The molecule has 1 aromatic rings. The van der Waals surface area contributed by atoms with Crippen LogP contribution in [0.1, 0.15) is 35.6 Å². The summed E-state index contributed by atoms with van der Waals surface area (Å²) in [5.41, 5.74) is 0. The number of ether oxygens (including phenoxy) is 2. The predicted octanol–water partition coefficient (Wildman–Crippen LogP) is 2.85. The molecule has 0 amide bonds. The zero-order valence-corrected chi connectivity index (χ0v) is 18.9. The quantitative estimate of drug-likeness (QED) is 0.375. The molecule has 0 aliphatic carbocycles. The lowest BCUT2D eigenvalue weighted by Crippen LogP contribution is -2.47. The van der Waals surface area contributed by atoms with Crippen LogP contribution < -0.4 is 5.32 Å². The lowest BCUT2D eigenvalue weighted by Gasteiger charge is -2.34. The molecule has 2 aliphatic rings.